The molecule has 0 amide bonds. The first-order chi connectivity index (χ1) is 10.6. The third kappa shape index (κ3) is 3.60. The van der Waals surface area contributed by atoms with Gasteiger partial charge in [-0.2, -0.15) is 0 Å². The number of methoxy groups -OCH3 is 1. The van der Waals surface area contributed by atoms with Crippen LogP contribution in [0.4, 0.5) is 5.69 Å². The quantitative estimate of drug-likeness (QED) is 0.843. The summed E-state index contributed by atoms with van der Waals surface area (Å²) in [5.74, 6) is 0.914. The largest absolute Gasteiger partial charge is 0.489 e. The molecule has 2 rings (SSSR count). The SMILES string of the molecule is CNc1cccc(C)c1COc1ccc(C(C)OC)cc1C. The lowest BCUT2D eigenvalue weighted by molar-refractivity contribution is 0.119. The van der Waals surface area contributed by atoms with Crippen LogP contribution < -0.4 is 10.1 Å². The van der Waals surface area contributed by atoms with E-state index in [0.29, 0.717) is 6.61 Å². The molecule has 3 heteroatoms. The second-order valence-corrected chi connectivity index (χ2v) is 5.54. The molecule has 1 N–H and O–H groups in total. The second kappa shape index (κ2) is 7.32. The first-order valence-corrected chi connectivity index (χ1v) is 7.59. The molecule has 22 heavy (non-hydrogen) atoms. The summed E-state index contributed by atoms with van der Waals surface area (Å²) in [4.78, 5) is 0. The highest BCUT2D eigenvalue weighted by atomic mass is 16.5. The van der Waals surface area contributed by atoms with Crippen LogP contribution in [-0.2, 0) is 11.3 Å². The molecular weight excluding hydrogens is 274 g/mol. The van der Waals surface area contributed by atoms with Crippen LogP contribution in [0.15, 0.2) is 36.4 Å². The Morgan fingerprint density at radius 2 is 1.86 bits per heavy atom. The van der Waals surface area contributed by atoms with Gasteiger partial charge in [0.15, 0.2) is 0 Å². The molecule has 0 fully saturated rings. The summed E-state index contributed by atoms with van der Waals surface area (Å²) in [6.07, 6.45) is 0.0972. The Bertz CT molecular complexity index is 637. The van der Waals surface area contributed by atoms with Gasteiger partial charge in [0, 0.05) is 25.4 Å². The average Bonchev–Trinajstić information content (AvgIpc) is 2.53. The third-order valence-corrected chi connectivity index (χ3v) is 4.07. The smallest absolute Gasteiger partial charge is 0.122 e. The Kier molecular flexibility index (Phi) is 5.45. The highest BCUT2D eigenvalue weighted by molar-refractivity contribution is 5.54. The number of benzene rings is 2. The molecule has 0 saturated heterocycles. The van der Waals surface area contributed by atoms with Gasteiger partial charge in [-0.1, -0.05) is 18.2 Å². The van der Waals surface area contributed by atoms with E-state index in [1.54, 1.807) is 7.11 Å². The van der Waals surface area contributed by atoms with Crippen LogP contribution in [0.25, 0.3) is 0 Å². The van der Waals surface area contributed by atoms with Crippen molar-refractivity contribution >= 4 is 5.69 Å². The first kappa shape index (κ1) is 16.4. The van der Waals surface area contributed by atoms with Crippen LogP contribution in [0.3, 0.4) is 0 Å². The zero-order valence-corrected chi connectivity index (χ0v) is 14.1. The van der Waals surface area contributed by atoms with Crippen molar-refractivity contribution in [3.63, 3.8) is 0 Å². The van der Waals surface area contributed by atoms with Gasteiger partial charge in [0.05, 0.1) is 6.10 Å². The maximum Gasteiger partial charge on any atom is 0.122 e. The molecule has 0 radical (unpaired) electrons. The van der Waals surface area contributed by atoms with Gasteiger partial charge in [0.2, 0.25) is 0 Å². The van der Waals surface area contributed by atoms with E-state index in [1.165, 1.54) is 16.7 Å². The molecule has 0 spiro atoms. The summed E-state index contributed by atoms with van der Waals surface area (Å²) in [7, 11) is 3.66. The minimum atomic E-state index is 0.0972. The lowest BCUT2D eigenvalue weighted by Crippen LogP contribution is -2.04. The lowest BCUT2D eigenvalue weighted by Gasteiger charge is -2.16. The fraction of sp³-hybridized carbons (Fsp3) is 0.368. The number of hydrogen-bond donors (Lipinski definition) is 1. The Morgan fingerprint density at radius 3 is 2.50 bits per heavy atom. The molecule has 0 saturated carbocycles. The number of anilines is 1. The van der Waals surface area contributed by atoms with E-state index in [1.807, 2.05) is 20.0 Å². The molecule has 1 unspecified atom stereocenters. The van der Waals surface area contributed by atoms with Gasteiger partial charge in [-0.3, -0.25) is 0 Å². The van der Waals surface area contributed by atoms with Crippen molar-refractivity contribution in [1.82, 2.24) is 0 Å². The summed E-state index contributed by atoms with van der Waals surface area (Å²) in [6, 6.07) is 12.4. The van der Waals surface area contributed by atoms with E-state index < -0.39 is 0 Å². The highest BCUT2D eigenvalue weighted by Crippen LogP contribution is 2.26. The van der Waals surface area contributed by atoms with Gasteiger partial charge in [0.1, 0.15) is 12.4 Å². The predicted molar refractivity (Wildman–Crippen MR) is 91.7 cm³/mol. The van der Waals surface area contributed by atoms with E-state index in [0.717, 1.165) is 17.0 Å². The van der Waals surface area contributed by atoms with E-state index in [-0.39, 0.29) is 6.10 Å². The maximum atomic E-state index is 6.03. The first-order valence-electron chi connectivity index (χ1n) is 7.59. The normalized spacial score (nSPS) is 12.0. The van der Waals surface area contributed by atoms with Gasteiger partial charge in [0.25, 0.3) is 0 Å². The Morgan fingerprint density at radius 1 is 1.09 bits per heavy atom. The molecule has 0 bridgehead atoms. The Balaban J connectivity index is 2.16. The van der Waals surface area contributed by atoms with Gasteiger partial charge in [-0.15, -0.1) is 0 Å². The van der Waals surface area contributed by atoms with Crippen LogP contribution in [0.1, 0.15) is 35.3 Å². The zero-order chi connectivity index (χ0) is 16.1. The van der Waals surface area contributed by atoms with Crippen molar-refractivity contribution in [1.29, 1.82) is 0 Å². The minimum Gasteiger partial charge on any atom is -0.489 e. The number of rotatable bonds is 6. The van der Waals surface area contributed by atoms with Crippen LogP contribution in [0, 0.1) is 13.8 Å². The van der Waals surface area contributed by atoms with Crippen molar-refractivity contribution in [2.24, 2.45) is 0 Å². The second-order valence-electron chi connectivity index (χ2n) is 5.54. The van der Waals surface area contributed by atoms with Crippen LogP contribution in [-0.4, -0.2) is 14.2 Å². The molecule has 0 aliphatic carbocycles. The number of aryl methyl sites for hydroxylation is 2. The monoisotopic (exact) mass is 299 g/mol. The summed E-state index contributed by atoms with van der Waals surface area (Å²) in [5, 5.41) is 3.22. The van der Waals surface area contributed by atoms with E-state index in [9.17, 15) is 0 Å². The van der Waals surface area contributed by atoms with Crippen molar-refractivity contribution in [2.45, 2.75) is 33.5 Å². The Labute approximate surface area is 133 Å². The van der Waals surface area contributed by atoms with Crippen molar-refractivity contribution in [2.75, 3.05) is 19.5 Å². The minimum absolute atomic E-state index is 0.0972. The number of nitrogens with one attached hydrogen (secondary N) is 1. The molecule has 118 valence electrons. The summed E-state index contributed by atoms with van der Waals surface area (Å²) in [6.45, 7) is 6.78. The molecule has 0 aliphatic rings. The average molecular weight is 299 g/mol. The fourth-order valence-electron chi connectivity index (χ4n) is 2.50. The van der Waals surface area contributed by atoms with E-state index in [2.05, 4.69) is 49.5 Å². The highest BCUT2D eigenvalue weighted by Gasteiger charge is 2.09. The van der Waals surface area contributed by atoms with Crippen LogP contribution in [0.2, 0.25) is 0 Å². The van der Waals surface area contributed by atoms with Gasteiger partial charge in [-0.25, -0.2) is 0 Å². The molecule has 2 aromatic carbocycles. The lowest BCUT2D eigenvalue weighted by atomic mass is 10.1. The fourth-order valence-corrected chi connectivity index (χ4v) is 2.50. The van der Waals surface area contributed by atoms with E-state index in [4.69, 9.17) is 9.47 Å². The molecule has 3 nitrogen and oxygen atoms in total. The molecule has 0 aromatic heterocycles. The molecular formula is C19H25NO2. The predicted octanol–water partition coefficient (Wildman–Crippen LogP) is 4.63. The summed E-state index contributed by atoms with van der Waals surface area (Å²) < 4.78 is 11.4. The van der Waals surface area contributed by atoms with Crippen LogP contribution in [0.5, 0.6) is 5.75 Å². The van der Waals surface area contributed by atoms with Crippen molar-refractivity contribution in [3.05, 3.63) is 58.7 Å². The Hall–Kier alpha value is -2.00. The van der Waals surface area contributed by atoms with Gasteiger partial charge >= 0.3 is 0 Å². The van der Waals surface area contributed by atoms with Gasteiger partial charge in [-0.05, 0) is 55.7 Å². The standard InChI is InChI=1S/C19H25NO2/c1-13-7-6-8-18(20-4)17(13)12-22-19-10-9-16(11-14(19)2)15(3)21-5/h6-11,15,20H,12H2,1-5H3. The van der Waals surface area contributed by atoms with Crippen molar-refractivity contribution < 1.29 is 9.47 Å². The zero-order valence-electron chi connectivity index (χ0n) is 14.1. The number of hydrogen-bond acceptors (Lipinski definition) is 3. The molecule has 0 heterocycles. The van der Waals surface area contributed by atoms with Crippen LogP contribution >= 0.6 is 0 Å². The molecule has 0 aliphatic heterocycles. The number of ether oxygens (including phenoxy) is 2. The summed E-state index contributed by atoms with van der Waals surface area (Å²) in [5.41, 5.74) is 5.83. The third-order valence-electron chi connectivity index (χ3n) is 4.07. The maximum absolute atomic E-state index is 6.03. The molecule has 1 atom stereocenters. The van der Waals surface area contributed by atoms with Gasteiger partial charge < -0.3 is 14.8 Å². The van der Waals surface area contributed by atoms with E-state index >= 15 is 0 Å². The summed E-state index contributed by atoms with van der Waals surface area (Å²) >= 11 is 0. The molecule has 2 aromatic rings. The topological polar surface area (TPSA) is 30.5 Å². The van der Waals surface area contributed by atoms with Crippen molar-refractivity contribution in [3.8, 4) is 5.75 Å².